The van der Waals surface area contributed by atoms with Gasteiger partial charge in [0.2, 0.25) is 0 Å². The van der Waals surface area contributed by atoms with E-state index in [0.717, 1.165) is 6.54 Å². The second-order valence-corrected chi connectivity index (χ2v) is 6.39. The molecule has 1 N–H and O–H groups in total. The summed E-state index contributed by atoms with van der Waals surface area (Å²) in [5.74, 6) is 0. The number of benzene rings is 1. The minimum Gasteiger partial charge on any atom is -0.309 e. The molecule has 1 aromatic heterocycles. The van der Waals surface area contributed by atoms with Gasteiger partial charge in [-0.05, 0) is 36.0 Å². The molecule has 3 heteroatoms. The fourth-order valence-electron chi connectivity index (χ4n) is 3.23. The second-order valence-electron chi connectivity index (χ2n) is 6.39. The number of nitrogens with zero attached hydrogens (tertiary/aromatic N) is 2. The van der Waals surface area contributed by atoms with Crippen LogP contribution in [0.15, 0.2) is 42.7 Å². The average Bonchev–Trinajstić information content (AvgIpc) is 3.06. The molecule has 2 aromatic rings. The van der Waals surface area contributed by atoms with Gasteiger partial charge in [0.15, 0.2) is 0 Å². The van der Waals surface area contributed by atoms with Crippen molar-refractivity contribution in [3.05, 3.63) is 48.3 Å². The normalized spacial score (nSPS) is 21.2. The summed E-state index contributed by atoms with van der Waals surface area (Å²) in [4.78, 5) is 0. The minimum atomic E-state index is 0.417. The van der Waals surface area contributed by atoms with Crippen molar-refractivity contribution in [3.8, 4) is 5.69 Å². The first-order valence-electron chi connectivity index (χ1n) is 7.48. The quantitative estimate of drug-likeness (QED) is 0.920. The maximum Gasteiger partial charge on any atom is 0.0690 e. The molecule has 3 nitrogen and oxygen atoms in total. The monoisotopic (exact) mass is 269 g/mol. The van der Waals surface area contributed by atoms with E-state index < -0.39 is 0 Å². The summed E-state index contributed by atoms with van der Waals surface area (Å²) in [6.45, 7) is 5.65. The maximum absolute atomic E-state index is 4.34. The Kier molecular flexibility index (Phi) is 3.62. The van der Waals surface area contributed by atoms with Crippen LogP contribution in [0.25, 0.3) is 5.69 Å². The Labute approximate surface area is 121 Å². The van der Waals surface area contributed by atoms with Gasteiger partial charge in [-0.3, -0.25) is 0 Å². The Morgan fingerprint density at radius 1 is 1.30 bits per heavy atom. The van der Waals surface area contributed by atoms with Crippen LogP contribution in [0.3, 0.4) is 0 Å². The van der Waals surface area contributed by atoms with Gasteiger partial charge < -0.3 is 5.32 Å². The SMILES string of the molecule is CC1(C)CCCC1NCc1ccccc1-n1cccn1. The van der Waals surface area contributed by atoms with E-state index >= 15 is 0 Å². The van der Waals surface area contributed by atoms with Gasteiger partial charge in [0.05, 0.1) is 5.69 Å². The summed E-state index contributed by atoms with van der Waals surface area (Å²) < 4.78 is 1.94. The summed E-state index contributed by atoms with van der Waals surface area (Å²) >= 11 is 0. The molecule has 20 heavy (non-hydrogen) atoms. The van der Waals surface area contributed by atoms with Gasteiger partial charge in [-0.2, -0.15) is 5.10 Å². The molecule has 1 fully saturated rings. The molecular weight excluding hydrogens is 246 g/mol. The third kappa shape index (κ3) is 2.63. The second kappa shape index (κ2) is 5.41. The van der Waals surface area contributed by atoms with Gasteiger partial charge in [-0.1, -0.05) is 38.5 Å². The highest BCUT2D eigenvalue weighted by atomic mass is 15.3. The highest BCUT2D eigenvalue weighted by Gasteiger charge is 2.33. The molecule has 1 unspecified atom stereocenters. The number of aromatic nitrogens is 2. The zero-order chi connectivity index (χ0) is 14.0. The number of rotatable bonds is 4. The number of para-hydroxylation sites is 1. The largest absolute Gasteiger partial charge is 0.309 e. The molecule has 1 aromatic carbocycles. The first kappa shape index (κ1) is 13.4. The Hall–Kier alpha value is -1.61. The zero-order valence-corrected chi connectivity index (χ0v) is 12.3. The van der Waals surface area contributed by atoms with Crippen LogP contribution in [-0.4, -0.2) is 15.8 Å². The van der Waals surface area contributed by atoms with Gasteiger partial charge in [0, 0.05) is 25.0 Å². The first-order valence-corrected chi connectivity index (χ1v) is 7.48. The minimum absolute atomic E-state index is 0.417. The molecule has 3 rings (SSSR count). The van der Waals surface area contributed by atoms with E-state index in [4.69, 9.17) is 0 Å². The number of hydrogen-bond acceptors (Lipinski definition) is 2. The summed E-state index contributed by atoms with van der Waals surface area (Å²) in [6, 6.07) is 11.1. The summed E-state index contributed by atoms with van der Waals surface area (Å²) in [7, 11) is 0. The van der Waals surface area contributed by atoms with Gasteiger partial charge >= 0.3 is 0 Å². The van der Waals surface area contributed by atoms with Crippen molar-refractivity contribution in [2.24, 2.45) is 5.41 Å². The van der Waals surface area contributed by atoms with Crippen LogP contribution in [0.5, 0.6) is 0 Å². The van der Waals surface area contributed by atoms with Crippen LogP contribution >= 0.6 is 0 Å². The lowest BCUT2D eigenvalue weighted by atomic mass is 9.87. The lowest BCUT2D eigenvalue weighted by Gasteiger charge is -2.28. The predicted molar refractivity (Wildman–Crippen MR) is 81.8 cm³/mol. The van der Waals surface area contributed by atoms with Gasteiger partial charge in [0.1, 0.15) is 0 Å². The van der Waals surface area contributed by atoms with Crippen molar-refractivity contribution in [2.75, 3.05) is 0 Å². The molecule has 1 saturated carbocycles. The van der Waals surface area contributed by atoms with Crippen molar-refractivity contribution in [2.45, 2.75) is 45.7 Å². The molecule has 0 amide bonds. The van der Waals surface area contributed by atoms with Crippen LogP contribution in [-0.2, 0) is 6.54 Å². The fourth-order valence-corrected chi connectivity index (χ4v) is 3.23. The molecule has 106 valence electrons. The molecule has 0 aliphatic heterocycles. The van der Waals surface area contributed by atoms with E-state index in [1.54, 1.807) is 0 Å². The standard InChI is InChI=1S/C17H23N3/c1-17(2)10-5-9-16(17)18-13-14-7-3-4-8-15(14)20-12-6-11-19-20/h3-4,6-8,11-12,16,18H,5,9-10,13H2,1-2H3. The molecule has 0 spiro atoms. The van der Waals surface area contributed by atoms with Crippen LogP contribution in [0.1, 0.15) is 38.7 Å². The summed E-state index contributed by atoms with van der Waals surface area (Å²) in [5, 5.41) is 8.09. The van der Waals surface area contributed by atoms with Crippen LogP contribution in [0, 0.1) is 5.41 Å². The molecule has 1 heterocycles. The van der Waals surface area contributed by atoms with Gasteiger partial charge in [-0.25, -0.2) is 4.68 Å². The predicted octanol–water partition coefficient (Wildman–Crippen LogP) is 3.54. The molecule has 0 bridgehead atoms. The van der Waals surface area contributed by atoms with Crippen LogP contribution in [0.2, 0.25) is 0 Å². The van der Waals surface area contributed by atoms with E-state index in [2.05, 4.69) is 48.5 Å². The van der Waals surface area contributed by atoms with E-state index in [1.807, 2.05) is 23.1 Å². The smallest absolute Gasteiger partial charge is 0.0690 e. The molecule has 0 radical (unpaired) electrons. The van der Waals surface area contributed by atoms with Crippen LogP contribution in [0.4, 0.5) is 0 Å². The first-order chi connectivity index (χ1) is 9.67. The van der Waals surface area contributed by atoms with E-state index in [9.17, 15) is 0 Å². The van der Waals surface area contributed by atoms with Crippen molar-refractivity contribution in [1.82, 2.24) is 15.1 Å². The average molecular weight is 269 g/mol. The fraction of sp³-hybridized carbons (Fsp3) is 0.471. The molecule has 0 saturated heterocycles. The highest BCUT2D eigenvalue weighted by Crippen LogP contribution is 2.37. The van der Waals surface area contributed by atoms with Crippen molar-refractivity contribution < 1.29 is 0 Å². The molecule has 1 aliphatic rings. The van der Waals surface area contributed by atoms with Crippen molar-refractivity contribution in [1.29, 1.82) is 0 Å². The highest BCUT2D eigenvalue weighted by molar-refractivity contribution is 5.40. The number of nitrogens with one attached hydrogen (secondary N) is 1. The number of hydrogen-bond donors (Lipinski definition) is 1. The Morgan fingerprint density at radius 2 is 2.15 bits per heavy atom. The van der Waals surface area contributed by atoms with Crippen molar-refractivity contribution >= 4 is 0 Å². The summed E-state index contributed by atoms with van der Waals surface area (Å²) in [5.41, 5.74) is 2.89. The Bertz CT molecular complexity index is 557. The zero-order valence-electron chi connectivity index (χ0n) is 12.3. The molecular formula is C17H23N3. The van der Waals surface area contributed by atoms with Gasteiger partial charge in [0.25, 0.3) is 0 Å². The molecule has 1 atom stereocenters. The topological polar surface area (TPSA) is 29.9 Å². The lowest BCUT2D eigenvalue weighted by molar-refractivity contribution is 0.282. The van der Waals surface area contributed by atoms with Crippen LogP contribution < -0.4 is 5.32 Å². The molecule has 1 aliphatic carbocycles. The van der Waals surface area contributed by atoms with E-state index in [-0.39, 0.29) is 0 Å². The van der Waals surface area contributed by atoms with Crippen molar-refractivity contribution in [3.63, 3.8) is 0 Å². The third-order valence-corrected chi connectivity index (χ3v) is 4.54. The van der Waals surface area contributed by atoms with E-state index in [0.29, 0.717) is 11.5 Å². The van der Waals surface area contributed by atoms with Gasteiger partial charge in [-0.15, -0.1) is 0 Å². The maximum atomic E-state index is 4.34. The summed E-state index contributed by atoms with van der Waals surface area (Å²) in [6.07, 6.45) is 7.77. The third-order valence-electron chi connectivity index (χ3n) is 4.54. The van der Waals surface area contributed by atoms with E-state index in [1.165, 1.54) is 30.5 Å². The Morgan fingerprint density at radius 3 is 2.85 bits per heavy atom. The Balaban J connectivity index is 1.75. The lowest BCUT2D eigenvalue weighted by Crippen LogP contribution is -2.37.